The van der Waals surface area contributed by atoms with E-state index in [-0.39, 0.29) is 31.0 Å². The van der Waals surface area contributed by atoms with E-state index in [1.165, 1.54) is 16.7 Å². The van der Waals surface area contributed by atoms with Crippen LogP contribution in [0.5, 0.6) is 11.5 Å². The van der Waals surface area contributed by atoms with Crippen LogP contribution in [0, 0.1) is 0 Å². The van der Waals surface area contributed by atoms with Gasteiger partial charge in [0.05, 0.1) is 13.0 Å². The maximum Gasteiger partial charge on any atom is 0.310 e. The number of benzene rings is 3. The Morgan fingerprint density at radius 3 is 2.05 bits per heavy atom. The van der Waals surface area contributed by atoms with Gasteiger partial charge in [-0.15, -0.1) is 0 Å². The van der Waals surface area contributed by atoms with Gasteiger partial charge in [-0.25, -0.2) is 0 Å². The Labute approximate surface area is 234 Å². The molecule has 3 unspecified atom stereocenters. The van der Waals surface area contributed by atoms with Crippen LogP contribution in [-0.4, -0.2) is 30.6 Å². The maximum atomic E-state index is 12.2. The van der Waals surface area contributed by atoms with Crippen molar-refractivity contribution in [3.05, 3.63) is 95.1 Å². The lowest BCUT2D eigenvalue weighted by Gasteiger charge is -2.21. The summed E-state index contributed by atoms with van der Waals surface area (Å²) in [5.41, 5.74) is 4.78. The highest BCUT2D eigenvalue weighted by molar-refractivity contribution is 5.72. The van der Waals surface area contributed by atoms with Gasteiger partial charge in [-0.3, -0.25) is 4.79 Å². The first-order valence-electron chi connectivity index (χ1n) is 14.0. The molecule has 0 amide bonds. The second kappa shape index (κ2) is 14.2. The first-order chi connectivity index (χ1) is 18.5. The Morgan fingerprint density at radius 2 is 1.46 bits per heavy atom. The van der Waals surface area contributed by atoms with Crippen molar-refractivity contribution in [2.24, 2.45) is 0 Å². The molecule has 39 heavy (non-hydrogen) atoms. The topological polar surface area (TPSA) is 65.0 Å². The van der Waals surface area contributed by atoms with Crippen LogP contribution in [0.2, 0.25) is 0 Å². The van der Waals surface area contributed by atoms with Crippen LogP contribution in [0.25, 0.3) is 0 Å². The van der Waals surface area contributed by atoms with Crippen LogP contribution >= 0.6 is 0 Å². The fraction of sp³-hybridized carbons (Fsp3) is 0.441. The van der Waals surface area contributed by atoms with E-state index in [0.717, 1.165) is 24.2 Å². The summed E-state index contributed by atoms with van der Waals surface area (Å²) in [6.45, 7) is 13.2. The van der Waals surface area contributed by atoms with E-state index in [0.29, 0.717) is 17.6 Å². The second-order valence-electron chi connectivity index (χ2n) is 11.3. The highest BCUT2D eigenvalue weighted by Gasteiger charge is 2.16. The van der Waals surface area contributed by atoms with Gasteiger partial charge in [-0.1, -0.05) is 83.1 Å². The highest BCUT2D eigenvalue weighted by atomic mass is 16.7. The molecular weight excluding hydrogens is 488 g/mol. The average Bonchev–Trinajstić information content (AvgIpc) is 2.90. The predicted octanol–water partition coefficient (Wildman–Crippen LogP) is 7.90. The average molecular weight is 533 g/mol. The van der Waals surface area contributed by atoms with Crippen molar-refractivity contribution in [2.75, 3.05) is 13.2 Å². The minimum atomic E-state index is -0.462. The van der Waals surface area contributed by atoms with Gasteiger partial charge in [-0.2, -0.15) is 0 Å². The third-order valence-electron chi connectivity index (χ3n) is 7.11. The third kappa shape index (κ3) is 9.74. The molecule has 0 saturated heterocycles. The number of phenolic OH excluding ortho intramolecular Hbond substituents is 1. The van der Waals surface area contributed by atoms with E-state index in [1.54, 1.807) is 12.1 Å². The molecule has 0 saturated carbocycles. The van der Waals surface area contributed by atoms with E-state index in [1.807, 2.05) is 43.3 Å². The van der Waals surface area contributed by atoms with Crippen LogP contribution in [0.15, 0.2) is 72.8 Å². The number of phenols is 1. The molecule has 3 atom stereocenters. The monoisotopic (exact) mass is 532 g/mol. The molecule has 3 aromatic rings. The lowest BCUT2D eigenvalue weighted by molar-refractivity contribution is -0.147. The fourth-order valence-electron chi connectivity index (χ4n) is 4.66. The van der Waals surface area contributed by atoms with Gasteiger partial charge in [0.1, 0.15) is 18.1 Å². The lowest BCUT2D eigenvalue weighted by Crippen LogP contribution is -2.20. The summed E-state index contributed by atoms with van der Waals surface area (Å²) in [5, 5.41) is 9.55. The predicted molar refractivity (Wildman–Crippen MR) is 156 cm³/mol. The Balaban J connectivity index is 1.38. The summed E-state index contributed by atoms with van der Waals surface area (Å²) >= 11 is 0. The van der Waals surface area contributed by atoms with Crippen molar-refractivity contribution in [1.82, 2.24) is 0 Å². The van der Waals surface area contributed by atoms with E-state index < -0.39 is 6.29 Å². The Kier molecular flexibility index (Phi) is 11.0. The fourth-order valence-corrected chi connectivity index (χ4v) is 4.66. The summed E-state index contributed by atoms with van der Waals surface area (Å²) < 4.78 is 16.9. The number of rotatable bonds is 13. The first kappa shape index (κ1) is 30.2. The zero-order chi connectivity index (χ0) is 28.4. The number of hydrogen-bond acceptors (Lipinski definition) is 5. The first-order valence-corrected chi connectivity index (χ1v) is 14.0. The molecule has 0 aromatic heterocycles. The van der Waals surface area contributed by atoms with Crippen molar-refractivity contribution in [2.45, 2.75) is 84.3 Å². The molecule has 0 spiro atoms. The zero-order valence-corrected chi connectivity index (χ0v) is 24.3. The molecule has 0 fully saturated rings. The lowest BCUT2D eigenvalue weighted by atomic mass is 9.84. The standard InChI is InChI=1S/C34H44O5/c1-7-27(22-24(2)28-10-16-31(35)17-11-28)29-12-18-32(19-13-29)39-25(3)37-20-21-38-33(36)23-26-8-14-30(15-9-26)34(4,5)6/h8-19,24-25,27,35H,7,20-23H2,1-6H3. The van der Waals surface area contributed by atoms with E-state index in [9.17, 15) is 9.90 Å². The van der Waals surface area contributed by atoms with Gasteiger partial charge in [-0.05, 0) is 83.5 Å². The van der Waals surface area contributed by atoms with Gasteiger partial charge in [0, 0.05) is 0 Å². The SMILES string of the molecule is CCC(CC(C)c1ccc(O)cc1)c1ccc(OC(C)OCCOC(=O)Cc2ccc(C(C)(C)C)cc2)cc1. The number of aromatic hydroxyl groups is 1. The molecule has 0 aliphatic rings. The number of hydrogen-bond donors (Lipinski definition) is 1. The molecular formula is C34H44O5. The summed E-state index contributed by atoms with van der Waals surface area (Å²) in [5.74, 6) is 1.59. The molecule has 0 aliphatic carbocycles. The number of carbonyl (C=O) groups excluding carboxylic acids is 1. The summed E-state index contributed by atoms with van der Waals surface area (Å²) in [6.07, 6.45) is 1.86. The Morgan fingerprint density at radius 1 is 0.846 bits per heavy atom. The maximum absolute atomic E-state index is 12.2. The van der Waals surface area contributed by atoms with Gasteiger partial charge < -0.3 is 19.3 Å². The van der Waals surface area contributed by atoms with Crippen molar-refractivity contribution >= 4 is 5.97 Å². The molecule has 210 valence electrons. The van der Waals surface area contributed by atoms with E-state index in [2.05, 4.69) is 58.9 Å². The smallest absolute Gasteiger partial charge is 0.310 e. The minimum Gasteiger partial charge on any atom is -0.508 e. The van der Waals surface area contributed by atoms with Gasteiger partial charge in [0.15, 0.2) is 6.29 Å². The molecule has 5 heteroatoms. The van der Waals surface area contributed by atoms with E-state index in [4.69, 9.17) is 14.2 Å². The number of carbonyl (C=O) groups is 1. The Hall–Kier alpha value is -3.31. The molecule has 0 aliphatic heterocycles. The normalized spacial score (nSPS) is 13.9. The van der Waals surface area contributed by atoms with Crippen molar-refractivity contribution in [1.29, 1.82) is 0 Å². The molecule has 0 radical (unpaired) electrons. The van der Waals surface area contributed by atoms with Gasteiger partial charge in [0.2, 0.25) is 0 Å². The van der Waals surface area contributed by atoms with Crippen molar-refractivity contribution in [3.8, 4) is 11.5 Å². The molecule has 0 heterocycles. The van der Waals surface area contributed by atoms with E-state index >= 15 is 0 Å². The largest absolute Gasteiger partial charge is 0.508 e. The highest BCUT2D eigenvalue weighted by Crippen LogP contribution is 2.33. The van der Waals surface area contributed by atoms with Crippen LogP contribution < -0.4 is 4.74 Å². The van der Waals surface area contributed by atoms with Gasteiger partial charge in [0.25, 0.3) is 0 Å². The Bertz CT molecular complexity index is 1140. The number of ether oxygens (including phenoxy) is 3. The quantitative estimate of drug-likeness (QED) is 0.138. The summed E-state index contributed by atoms with van der Waals surface area (Å²) in [6, 6.07) is 23.8. The minimum absolute atomic E-state index is 0.0866. The molecule has 3 aromatic carbocycles. The zero-order valence-electron chi connectivity index (χ0n) is 24.3. The second-order valence-corrected chi connectivity index (χ2v) is 11.3. The van der Waals surface area contributed by atoms with Crippen LogP contribution in [0.1, 0.15) is 88.5 Å². The number of esters is 1. The van der Waals surface area contributed by atoms with Crippen LogP contribution in [0.3, 0.4) is 0 Å². The summed E-state index contributed by atoms with van der Waals surface area (Å²) in [4.78, 5) is 12.2. The van der Waals surface area contributed by atoms with Crippen LogP contribution in [-0.2, 0) is 26.1 Å². The molecule has 1 N–H and O–H groups in total. The molecule has 5 nitrogen and oxygen atoms in total. The molecule has 0 bridgehead atoms. The van der Waals surface area contributed by atoms with Crippen molar-refractivity contribution in [3.63, 3.8) is 0 Å². The van der Waals surface area contributed by atoms with Crippen LogP contribution in [0.4, 0.5) is 0 Å². The van der Waals surface area contributed by atoms with Crippen molar-refractivity contribution < 1.29 is 24.1 Å². The third-order valence-corrected chi connectivity index (χ3v) is 7.11. The molecule has 3 rings (SSSR count). The summed E-state index contributed by atoms with van der Waals surface area (Å²) in [7, 11) is 0. The van der Waals surface area contributed by atoms with Gasteiger partial charge >= 0.3 is 5.97 Å².